The Labute approximate surface area is 81.9 Å². The van der Waals surface area contributed by atoms with Crippen molar-refractivity contribution in [3.8, 4) is 0 Å². The molecule has 0 bridgehead atoms. The number of benzene rings is 1. The Balaban J connectivity index is 2.56. The number of rotatable bonds is 2. The van der Waals surface area contributed by atoms with Crippen molar-refractivity contribution >= 4 is 11.8 Å². The molecule has 4 heteroatoms. The highest BCUT2D eigenvalue weighted by molar-refractivity contribution is 5.84. The molecule has 3 nitrogen and oxygen atoms in total. The first-order valence-electron chi connectivity index (χ1n) is 4.31. The summed E-state index contributed by atoms with van der Waals surface area (Å²) < 4.78 is 17.5. The highest BCUT2D eigenvalue weighted by Gasteiger charge is 2.05. The Hall–Kier alpha value is -1.58. The average molecular weight is 197 g/mol. The van der Waals surface area contributed by atoms with E-state index in [-0.39, 0.29) is 6.10 Å². The fourth-order valence-electron chi connectivity index (χ4n) is 0.928. The second-order valence-corrected chi connectivity index (χ2v) is 3.09. The summed E-state index contributed by atoms with van der Waals surface area (Å²) >= 11 is 0. The molecular formula is C10H12FNO2. The Kier molecular flexibility index (Phi) is 3.45. The monoisotopic (exact) mass is 197 g/mol. The van der Waals surface area contributed by atoms with Crippen LogP contribution in [0, 0.1) is 5.82 Å². The third-order valence-electron chi connectivity index (χ3n) is 1.41. The number of halogens is 1. The normalized spacial score (nSPS) is 10.0. The van der Waals surface area contributed by atoms with Crippen LogP contribution in [0.5, 0.6) is 0 Å². The van der Waals surface area contributed by atoms with Gasteiger partial charge in [-0.3, -0.25) is 5.32 Å². The van der Waals surface area contributed by atoms with Gasteiger partial charge in [-0.15, -0.1) is 0 Å². The molecule has 1 aromatic rings. The van der Waals surface area contributed by atoms with E-state index < -0.39 is 11.9 Å². The van der Waals surface area contributed by atoms with Gasteiger partial charge in [0.05, 0.1) is 6.10 Å². The van der Waals surface area contributed by atoms with Crippen molar-refractivity contribution in [3.63, 3.8) is 0 Å². The van der Waals surface area contributed by atoms with Crippen molar-refractivity contribution in [1.29, 1.82) is 0 Å². The zero-order valence-corrected chi connectivity index (χ0v) is 8.08. The summed E-state index contributed by atoms with van der Waals surface area (Å²) in [6, 6.07) is 5.63. The van der Waals surface area contributed by atoms with E-state index in [2.05, 4.69) is 5.32 Å². The highest BCUT2D eigenvalue weighted by atomic mass is 19.1. The van der Waals surface area contributed by atoms with Gasteiger partial charge >= 0.3 is 6.09 Å². The molecule has 0 radical (unpaired) electrons. The summed E-state index contributed by atoms with van der Waals surface area (Å²) in [5, 5.41) is 2.41. The van der Waals surface area contributed by atoms with Crippen LogP contribution in [0.3, 0.4) is 0 Å². The molecule has 14 heavy (non-hydrogen) atoms. The van der Waals surface area contributed by atoms with Crippen molar-refractivity contribution in [1.82, 2.24) is 0 Å². The Morgan fingerprint density at radius 2 is 2.21 bits per heavy atom. The van der Waals surface area contributed by atoms with Gasteiger partial charge in [0.1, 0.15) is 5.82 Å². The lowest BCUT2D eigenvalue weighted by Crippen LogP contribution is -2.17. The quantitative estimate of drug-likeness (QED) is 0.791. The molecule has 0 fully saturated rings. The van der Waals surface area contributed by atoms with Gasteiger partial charge in [0.2, 0.25) is 0 Å². The van der Waals surface area contributed by atoms with E-state index in [4.69, 9.17) is 4.74 Å². The molecule has 0 heterocycles. The Morgan fingerprint density at radius 3 is 2.79 bits per heavy atom. The van der Waals surface area contributed by atoms with Crippen LogP contribution in [0.2, 0.25) is 0 Å². The summed E-state index contributed by atoms with van der Waals surface area (Å²) in [7, 11) is 0. The predicted octanol–water partition coefficient (Wildman–Crippen LogP) is 2.78. The third kappa shape index (κ3) is 3.43. The maximum absolute atomic E-state index is 12.7. The van der Waals surface area contributed by atoms with Crippen molar-refractivity contribution in [2.45, 2.75) is 20.0 Å². The van der Waals surface area contributed by atoms with Gasteiger partial charge in [-0.25, -0.2) is 9.18 Å². The molecule has 0 spiro atoms. The number of hydrogen-bond acceptors (Lipinski definition) is 2. The fourth-order valence-corrected chi connectivity index (χ4v) is 0.928. The topological polar surface area (TPSA) is 38.3 Å². The maximum Gasteiger partial charge on any atom is 0.411 e. The summed E-state index contributed by atoms with van der Waals surface area (Å²) in [6.45, 7) is 3.48. The first kappa shape index (κ1) is 10.5. The zero-order valence-electron chi connectivity index (χ0n) is 8.08. The first-order chi connectivity index (χ1) is 6.58. The number of carbonyl (C=O) groups is 1. The van der Waals surface area contributed by atoms with Gasteiger partial charge in [-0.05, 0) is 32.0 Å². The Morgan fingerprint density at radius 1 is 1.50 bits per heavy atom. The molecular weight excluding hydrogens is 185 g/mol. The largest absolute Gasteiger partial charge is 0.447 e. The van der Waals surface area contributed by atoms with Crippen LogP contribution in [0.25, 0.3) is 0 Å². The summed E-state index contributed by atoms with van der Waals surface area (Å²) in [5.74, 6) is -0.396. The minimum absolute atomic E-state index is 0.191. The van der Waals surface area contributed by atoms with Crippen LogP contribution >= 0.6 is 0 Å². The van der Waals surface area contributed by atoms with Crippen LogP contribution in [0.15, 0.2) is 24.3 Å². The zero-order chi connectivity index (χ0) is 10.6. The third-order valence-corrected chi connectivity index (χ3v) is 1.41. The van der Waals surface area contributed by atoms with Crippen LogP contribution < -0.4 is 5.32 Å². The van der Waals surface area contributed by atoms with Gasteiger partial charge < -0.3 is 4.74 Å². The minimum atomic E-state index is -0.578. The van der Waals surface area contributed by atoms with E-state index in [1.807, 2.05) is 0 Å². The molecule has 76 valence electrons. The first-order valence-corrected chi connectivity index (χ1v) is 4.31. The highest BCUT2D eigenvalue weighted by Crippen LogP contribution is 2.09. The van der Waals surface area contributed by atoms with Crippen LogP contribution in [-0.2, 0) is 4.74 Å². The molecule has 1 rings (SSSR count). The van der Waals surface area contributed by atoms with E-state index in [1.165, 1.54) is 18.2 Å². The lowest BCUT2D eigenvalue weighted by Gasteiger charge is -2.09. The van der Waals surface area contributed by atoms with Crippen molar-refractivity contribution < 1.29 is 13.9 Å². The number of amides is 1. The fraction of sp³-hybridized carbons (Fsp3) is 0.300. The minimum Gasteiger partial charge on any atom is -0.447 e. The Bertz CT molecular complexity index is 326. The average Bonchev–Trinajstić information content (AvgIpc) is 2.01. The lowest BCUT2D eigenvalue weighted by molar-refractivity contribution is 0.130. The molecule has 1 N–H and O–H groups in total. The molecule has 0 atom stereocenters. The van der Waals surface area contributed by atoms with Gasteiger partial charge in [0, 0.05) is 5.69 Å². The summed E-state index contributed by atoms with van der Waals surface area (Å²) in [4.78, 5) is 11.1. The van der Waals surface area contributed by atoms with Crippen molar-refractivity contribution in [2.75, 3.05) is 5.32 Å². The molecule has 0 saturated heterocycles. The molecule has 1 amide bonds. The molecule has 0 aliphatic carbocycles. The van der Waals surface area contributed by atoms with Gasteiger partial charge in [-0.2, -0.15) is 0 Å². The second kappa shape index (κ2) is 4.60. The molecule has 1 aromatic carbocycles. The summed E-state index contributed by atoms with van der Waals surface area (Å²) in [6.07, 6.45) is -0.769. The maximum atomic E-state index is 12.7. The van der Waals surface area contributed by atoms with Crippen LogP contribution in [-0.4, -0.2) is 12.2 Å². The molecule has 0 unspecified atom stereocenters. The van der Waals surface area contributed by atoms with Crippen molar-refractivity contribution in [2.24, 2.45) is 0 Å². The number of hydrogen-bond donors (Lipinski definition) is 1. The smallest absolute Gasteiger partial charge is 0.411 e. The van der Waals surface area contributed by atoms with E-state index in [0.717, 1.165) is 0 Å². The molecule has 0 aliphatic heterocycles. The number of anilines is 1. The molecule has 0 aromatic heterocycles. The predicted molar refractivity (Wildman–Crippen MR) is 51.6 cm³/mol. The number of ether oxygens (including phenoxy) is 1. The van der Waals surface area contributed by atoms with Gasteiger partial charge in [0.25, 0.3) is 0 Å². The van der Waals surface area contributed by atoms with Crippen LogP contribution in [0.1, 0.15) is 13.8 Å². The summed E-state index contributed by atoms with van der Waals surface area (Å²) in [5.41, 5.74) is 0.385. The lowest BCUT2D eigenvalue weighted by atomic mass is 10.3. The van der Waals surface area contributed by atoms with E-state index >= 15 is 0 Å². The van der Waals surface area contributed by atoms with E-state index in [1.54, 1.807) is 19.9 Å². The standard InChI is InChI=1S/C10H12FNO2/c1-7(2)14-10(13)12-9-5-3-4-8(11)6-9/h3-7H,1-2H3,(H,12,13). The van der Waals surface area contributed by atoms with Gasteiger partial charge in [0.15, 0.2) is 0 Å². The van der Waals surface area contributed by atoms with E-state index in [9.17, 15) is 9.18 Å². The SMILES string of the molecule is CC(C)OC(=O)Nc1cccc(F)c1. The van der Waals surface area contributed by atoms with Crippen LogP contribution in [0.4, 0.5) is 14.9 Å². The number of carbonyl (C=O) groups excluding carboxylic acids is 1. The second-order valence-electron chi connectivity index (χ2n) is 3.09. The van der Waals surface area contributed by atoms with Gasteiger partial charge in [-0.1, -0.05) is 6.07 Å². The molecule has 0 aliphatic rings. The van der Waals surface area contributed by atoms with E-state index in [0.29, 0.717) is 5.69 Å². The van der Waals surface area contributed by atoms with Crippen molar-refractivity contribution in [3.05, 3.63) is 30.1 Å². The molecule has 0 saturated carbocycles. The number of nitrogens with one attached hydrogen (secondary N) is 1.